The highest BCUT2D eigenvalue weighted by Crippen LogP contribution is 2.47. The van der Waals surface area contributed by atoms with Crippen LogP contribution in [0.4, 0.5) is 0 Å². The van der Waals surface area contributed by atoms with Gasteiger partial charge in [0.2, 0.25) is 0 Å². The third kappa shape index (κ3) is 4.72. The van der Waals surface area contributed by atoms with Crippen molar-refractivity contribution in [1.29, 1.82) is 0 Å². The Morgan fingerprint density at radius 3 is 2.23 bits per heavy atom. The zero-order valence-corrected chi connectivity index (χ0v) is 22.7. The van der Waals surface area contributed by atoms with Crippen LogP contribution in [0.5, 0.6) is 11.5 Å². The monoisotopic (exact) mass is 475 g/mol. The van der Waals surface area contributed by atoms with Gasteiger partial charge in [0.25, 0.3) is 0 Å². The lowest BCUT2D eigenvalue weighted by Gasteiger charge is -2.43. The standard InChI is InChI=1S/C31H41NO3/c1-9-17-35-25-18-21-11-10-12-23(21)26-27(25)32(29(30(2,3)4)31(5,6)7)19-24(28(26)33)20-13-15-22(34-8)16-14-20/h13-16,18-19,29H,9-12,17H2,1-8H3. The van der Waals surface area contributed by atoms with E-state index >= 15 is 0 Å². The summed E-state index contributed by atoms with van der Waals surface area (Å²) < 4.78 is 14.1. The molecule has 4 rings (SSSR count). The summed E-state index contributed by atoms with van der Waals surface area (Å²) in [4.78, 5) is 14.2. The highest BCUT2D eigenvalue weighted by Gasteiger charge is 2.38. The molecule has 0 unspecified atom stereocenters. The van der Waals surface area contributed by atoms with E-state index in [1.165, 1.54) is 11.1 Å². The molecular weight excluding hydrogens is 434 g/mol. The van der Waals surface area contributed by atoms with Crippen LogP contribution < -0.4 is 14.9 Å². The average Bonchev–Trinajstić information content (AvgIpc) is 3.25. The fraction of sp³-hybridized carbons (Fsp3) is 0.516. The lowest BCUT2D eigenvalue weighted by atomic mass is 9.71. The molecule has 4 heteroatoms. The number of ether oxygens (including phenoxy) is 2. The van der Waals surface area contributed by atoms with E-state index in [0.29, 0.717) is 6.61 Å². The van der Waals surface area contributed by atoms with Gasteiger partial charge in [-0.2, -0.15) is 0 Å². The molecule has 188 valence electrons. The lowest BCUT2D eigenvalue weighted by molar-refractivity contribution is 0.114. The molecule has 1 aliphatic carbocycles. The van der Waals surface area contributed by atoms with Crippen molar-refractivity contribution in [2.24, 2.45) is 10.8 Å². The number of benzene rings is 2. The van der Waals surface area contributed by atoms with Gasteiger partial charge in [0.15, 0.2) is 5.43 Å². The molecule has 0 fully saturated rings. The second-order valence-electron chi connectivity index (χ2n) is 12.1. The van der Waals surface area contributed by atoms with Crippen LogP contribution in [0.3, 0.4) is 0 Å². The minimum Gasteiger partial charge on any atom is -0.497 e. The molecule has 0 radical (unpaired) electrons. The Hall–Kier alpha value is -2.75. The third-order valence-electron chi connectivity index (χ3n) is 7.12. The number of aryl methyl sites for hydroxylation is 2. The molecule has 0 saturated carbocycles. The highest BCUT2D eigenvalue weighted by molar-refractivity contribution is 5.93. The number of nitrogens with zero attached hydrogens (tertiary/aromatic N) is 1. The second kappa shape index (κ2) is 9.37. The highest BCUT2D eigenvalue weighted by atomic mass is 16.5. The molecule has 2 aromatic carbocycles. The first-order valence-corrected chi connectivity index (χ1v) is 13.0. The Labute approximate surface area is 210 Å². The zero-order chi connectivity index (χ0) is 25.5. The van der Waals surface area contributed by atoms with Crippen LogP contribution in [0, 0.1) is 10.8 Å². The number of hydrogen-bond donors (Lipinski definition) is 0. The summed E-state index contributed by atoms with van der Waals surface area (Å²) in [5.74, 6) is 1.63. The van der Waals surface area contributed by atoms with E-state index in [2.05, 4.69) is 65.3 Å². The number of fused-ring (bicyclic) bond motifs is 3. The van der Waals surface area contributed by atoms with Gasteiger partial charge in [-0.05, 0) is 71.4 Å². The molecule has 0 amide bonds. The summed E-state index contributed by atoms with van der Waals surface area (Å²) >= 11 is 0. The van der Waals surface area contributed by atoms with E-state index in [-0.39, 0.29) is 22.3 Å². The largest absolute Gasteiger partial charge is 0.497 e. The first-order chi connectivity index (χ1) is 16.5. The summed E-state index contributed by atoms with van der Waals surface area (Å²) in [6, 6.07) is 10.2. The maximum Gasteiger partial charge on any atom is 0.197 e. The molecule has 0 atom stereocenters. The SMILES string of the molecule is CCCOc1cc2c(c3c(=O)c(-c4ccc(OC)cc4)cn(C(C(C)(C)C)C(C)(C)C)c13)CCC2. The summed E-state index contributed by atoms with van der Waals surface area (Å²) in [5, 5.41) is 0.845. The zero-order valence-electron chi connectivity index (χ0n) is 22.7. The Bertz CT molecular complexity index is 1260. The van der Waals surface area contributed by atoms with Crippen molar-refractivity contribution in [3.63, 3.8) is 0 Å². The van der Waals surface area contributed by atoms with Crippen LogP contribution in [0.15, 0.2) is 41.3 Å². The minimum atomic E-state index is -0.0432. The van der Waals surface area contributed by atoms with Gasteiger partial charge in [0.1, 0.15) is 11.5 Å². The van der Waals surface area contributed by atoms with E-state index < -0.39 is 0 Å². The van der Waals surface area contributed by atoms with E-state index in [0.717, 1.165) is 59.2 Å². The molecule has 3 aromatic rings. The molecule has 0 bridgehead atoms. The van der Waals surface area contributed by atoms with Crippen LogP contribution in [-0.2, 0) is 12.8 Å². The van der Waals surface area contributed by atoms with Crippen molar-refractivity contribution in [3.8, 4) is 22.6 Å². The summed E-state index contributed by atoms with van der Waals surface area (Å²) in [6.07, 6.45) is 6.04. The van der Waals surface area contributed by atoms with E-state index in [1.807, 2.05) is 24.3 Å². The Morgan fingerprint density at radius 2 is 1.66 bits per heavy atom. The molecule has 0 N–H and O–H groups in total. The number of pyridine rings is 1. The first-order valence-electron chi connectivity index (χ1n) is 13.0. The number of hydrogen-bond acceptors (Lipinski definition) is 3. The maximum absolute atomic E-state index is 14.2. The quantitative estimate of drug-likeness (QED) is 0.369. The van der Waals surface area contributed by atoms with Gasteiger partial charge >= 0.3 is 0 Å². The van der Waals surface area contributed by atoms with Gasteiger partial charge in [-0.3, -0.25) is 4.79 Å². The van der Waals surface area contributed by atoms with Crippen molar-refractivity contribution in [2.75, 3.05) is 13.7 Å². The summed E-state index contributed by atoms with van der Waals surface area (Å²) in [5.41, 5.74) is 5.10. The average molecular weight is 476 g/mol. The fourth-order valence-electron chi connectivity index (χ4n) is 6.24. The van der Waals surface area contributed by atoms with Crippen LogP contribution in [0.2, 0.25) is 0 Å². The fourth-order valence-corrected chi connectivity index (χ4v) is 6.24. The van der Waals surface area contributed by atoms with Gasteiger partial charge in [-0.15, -0.1) is 0 Å². The predicted octanol–water partition coefficient (Wildman–Crippen LogP) is 7.59. The van der Waals surface area contributed by atoms with Crippen molar-refractivity contribution in [3.05, 3.63) is 57.9 Å². The third-order valence-corrected chi connectivity index (χ3v) is 7.12. The van der Waals surface area contributed by atoms with Crippen molar-refractivity contribution < 1.29 is 9.47 Å². The van der Waals surface area contributed by atoms with Crippen LogP contribution >= 0.6 is 0 Å². The molecule has 1 heterocycles. The molecule has 4 nitrogen and oxygen atoms in total. The van der Waals surface area contributed by atoms with Gasteiger partial charge < -0.3 is 14.0 Å². The van der Waals surface area contributed by atoms with Crippen molar-refractivity contribution in [2.45, 2.75) is 80.2 Å². The molecule has 1 aliphatic rings. The van der Waals surface area contributed by atoms with E-state index in [4.69, 9.17) is 9.47 Å². The number of methoxy groups -OCH3 is 1. The summed E-state index contributed by atoms with van der Waals surface area (Å²) in [6.45, 7) is 16.5. The second-order valence-corrected chi connectivity index (χ2v) is 12.1. The van der Waals surface area contributed by atoms with Gasteiger partial charge in [0.05, 0.1) is 24.6 Å². The molecular formula is C31H41NO3. The van der Waals surface area contributed by atoms with Gasteiger partial charge in [-0.1, -0.05) is 60.6 Å². The molecule has 1 aromatic heterocycles. The molecule has 0 spiro atoms. The Morgan fingerprint density at radius 1 is 1.00 bits per heavy atom. The molecule has 0 saturated heterocycles. The maximum atomic E-state index is 14.2. The lowest BCUT2D eigenvalue weighted by Crippen LogP contribution is -2.36. The van der Waals surface area contributed by atoms with Crippen molar-refractivity contribution in [1.82, 2.24) is 4.57 Å². The topological polar surface area (TPSA) is 40.5 Å². The van der Waals surface area contributed by atoms with Crippen LogP contribution in [0.1, 0.15) is 78.5 Å². The summed E-state index contributed by atoms with van der Waals surface area (Å²) in [7, 11) is 1.66. The van der Waals surface area contributed by atoms with E-state index in [9.17, 15) is 4.79 Å². The van der Waals surface area contributed by atoms with Crippen LogP contribution in [-0.4, -0.2) is 18.3 Å². The van der Waals surface area contributed by atoms with Gasteiger partial charge in [-0.25, -0.2) is 0 Å². The van der Waals surface area contributed by atoms with E-state index in [1.54, 1.807) is 7.11 Å². The number of aromatic nitrogens is 1. The Kier molecular flexibility index (Phi) is 6.78. The normalized spacial score (nSPS) is 14.0. The number of rotatable bonds is 6. The van der Waals surface area contributed by atoms with Crippen molar-refractivity contribution >= 4 is 10.9 Å². The first kappa shape index (κ1) is 25.3. The smallest absolute Gasteiger partial charge is 0.197 e. The van der Waals surface area contributed by atoms with Gasteiger partial charge in [0, 0.05) is 17.8 Å². The molecule has 0 aliphatic heterocycles. The Balaban J connectivity index is 2.16. The predicted molar refractivity (Wildman–Crippen MR) is 146 cm³/mol. The minimum absolute atomic E-state index is 0.0432. The van der Waals surface area contributed by atoms with Crippen LogP contribution in [0.25, 0.3) is 22.0 Å². The molecule has 35 heavy (non-hydrogen) atoms.